The van der Waals surface area contributed by atoms with E-state index in [1.165, 1.54) is 11.8 Å². The van der Waals surface area contributed by atoms with Crippen LogP contribution in [0.5, 0.6) is 0 Å². The highest BCUT2D eigenvalue weighted by Crippen LogP contribution is 2.16. The summed E-state index contributed by atoms with van der Waals surface area (Å²) in [5.41, 5.74) is 0. The number of tetrazole rings is 1. The van der Waals surface area contributed by atoms with Gasteiger partial charge in [0.1, 0.15) is 0 Å². The number of rotatable bonds is 3. The molecule has 0 atom stereocenters. The Hall–Kier alpha value is -0.360. The molecule has 1 aromatic heterocycles. The summed E-state index contributed by atoms with van der Waals surface area (Å²) in [4.78, 5) is 0. The van der Waals surface area contributed by atoms with Gasteiger partial charge in [-0.05, 0) is 9.70 Å². The van der Waals surface area contributed by atoms with Crippen LogP contribution in [0.1, 0.15) is 0 Å². The summed E-state index contributed by atoms with van der Waals surface area (Å²) >= 11 is 4.69. The van der Waals surface area contributed by atoms with Gasteiger partial charge in [0.2, 0.25) is 5.16 Å². The first-order valence-electron chi connectivity index (χ1n) is 2.48. The SMILES string of the molecule is C=C(Br)CSc1nn[nH]n1. The minimum atomic E-state index is 0.639. The Labute approximate surface area is 70.6 Å². The lowest BCUT2D eigenvalue weighted by molar-refractivity contribution is 0.881. The molecule has 6 heteroatoms. The second-order valence-electron chi connectivity index (χ2n) is 1.50. The molecule has 0 aliphatic rings. The normalized spacial score (nSPS) is 9.70. The summed E-state index contributed by atoms with van der Waals surface area (Å²) < 4.78 is 0.919. The number of halogens is 1. The van der Waals surface area contributed by atoms with Gasteiger partial charge in [-0.2, -0.15) is 5.21 Å². The van der Waals surface area contributed by atoms with Crippen LogP contribution in [0.3, 0.4) is 0 Å². The molecule has 1 N–H and O–H groups in total. The molecule has 1 rings (SSSR count). The van der Waals surface area contributed by atoms with Crippen molar-refractivity contribution in [3.63, 3.8) is 0 Å². The molecular formula is C4H5BrN4S. The highest BCUT2D eigenvalue weighted by molar-refractivity contribution is 9.11. The van der Waals surface area contributed by atoms with Gasteiger partial charge in [0.15, 0.2) is 0 Å². The largest absolute Gasteiger partial charge is 0.231 e. The number of thioether (sulfide) groups is 1. The van der Waals surface area contributed by atoms with E-state index in [0.717, 1.165) is 10.2 Å². The summed E-state index contributed by atoms with van der Waals surface area (Å²) in [6.45, 7) is 3.66. The Morgan fingerprint density at radius 1 is 1.80 bits per heavy atom. The molecule has 0 aliphatic heterocycles. The monoisotopic (exact) mass is 220 g/mol. The van der Waals surface area contributed by atoms with E-state index in [1.54, 1.807) is 0 Å². The van der Waals surface area contributed by atoms with Gasteiger partial charge in [-0.25, -0.2) is 0 Å². The van der Waals surface area contributed by atoms with Gasteiger partial charge in [0.25, 0.3) is 0 Å². The maximum absolute atomic E-state index is 3.74. The van der Waals surface area contributed by atoms with Crippen molar-refractivity contribution in [3.05, 3.63) is 11.1 Å². The lowest BCUT2D eigenvalue weighted by Gasteiger charge is -1.89. The van der Waals surface area contributed by atoms with E-state index in [9.17, 15) is 0 Å². The second kappa shape index (κ2) is 3.72. The van der Waals surface area contributed by atoms with E-state index in [4.69, 9.17) is 0 Å². The molecule has 0 unspecified atom stereocenters. The molecule has 54 valence electrons. The van der Waals surface area contributed by atoms with Gasteiger partial charge < -0.3 is 0 Å². The number of aromatic amines is 1. The Morgan fingerprint density at radius 2 is 2.60 bits per heavy atom. The second-order valence-corrected chi connectivity index (χ2v) is 3.56. The fraction of sp³-hybridized carbons (Fsp3) is 0.250. The van der Waals surface area contributed by atoms with E-state index < -0.39 is 0 Å². The summed E-state index contributed by atoms with van der Waals surface area (Å²) in [6, 6.07) is 0. The highest BCUT2D eigenvalue weighted by Gasteiger charge is 1.97. The lowest BCUT2D eigenvalue weighted by Crippen LogP contribution is -1.78. The van der Waals surface area contributed by atoms with E-state index in [2.05, 4.69) is 43.1 Å². The van der Waals surface area contributed by atoms with Crippen molar-refractivity contribution in [2.45, 2.75) is 5.16 Å². The summed E-state index contributed by atoms with van der Waals surface area (Å²) in [7, 11) is 0. The van der Waals surface area contributed by atoms with Crippen LogP contribution in [0, 0.1) is 0 Å². The maximum Gasteiger partial charge on any atom is 0.231 e. The molecular weight excluding hydrogens is 216 g/mol. The van der Waals surface area contributed by atoms with Crippen LogP contribution in [-0.2, 0) is 0 Å². The Balaban J connectivity index is 2.35. The van der Waals surface area contributed by atoms with Gasteiger partial charge in [-0.15, -0.1) is 10.2 Å². The molecule has 1 aromatic rings. The summed E-state index contributed by atoms with van der Waals surface area (Å²) in [6.07, 6.45) is 0. The third-order valence-electron chi connectivity index (χ3n) is 0.684. The van der Waals surface area contributed by atoms with Crippen molar-refractivity contribution < 1.29 is 0 Å². The van der Waals surface area contributed by atoms with Crippen molar-refractivity contribution >= 4 is 27.7 Å². The maximum atomic E-state index is 3.74. The Kier molecular flexibility index (Phi) is 2.88. The zero-order valence-corrected chi connectivity index (χ0v) is 7.44. The van der Waals surface area contributed by atoms with Gasteiger partial charge in [0.05, 0.1) is 0 Å². The smallest absolute Gasteiger partial charge is 0.176 e. The van der Waals surface area contributed by atoms with Gasteiger partial charge in [0, 0.05) is 5.75 Å². The van der Waals surface area contributed by atoms with Crippen molar-refractivity contribution in [2.75, 3.05) is 5.75 Å². The minimum absolute atomic E-state index is 0.639. The van der Waals surface area contributed by atoms with Gasteiger partial charge in [-0.1, -0.05) is 34.3 Å². The zero-order valence-electron chi connectivity index (χ0n) is 5.04. The first-order chi connectivity index (χ1) is 4.79. The quantitative estimate of drug-likeness (QED) is 0.779. The first-order valence-corrected chi connectivity index (χ1v) is 4.26. The van der Waals surface area contributed by atoms with Crippen LogP contribution < -0.4 is 0 Å². The van der Waals surface area contributed by atoms with Crippen molar-refractivity contribution in [3.8, 4) is 0 Å². The van der Waals surface area contributed by atoms with Crippen LogP contribution in [0.25, 0.3) is 0 Å². The third kappa shape index (κ3) is 2.49. The summed E-state index contributed by atoms with van der Waals surface area (Å²) in [5, 5.41) is 13.9. The van der Waals surface area contributed by atoms with E-state index in [-0.39, 0.29) is 0 Å². The first kappa shape index (κ1) is 7.74. The van der Waals surface area contributed by atoms with E-state index in [0.29, 0.717) is 5.16 Å². The van der Waals surface area contributed by atoms with Crippen LogP contribution in [0.15, 0.2) is 16.2 Å². The molecule has 10 heavy (non-hydrogen) atoms. The third-order valence-corrected chi connectivity index (χ3v) is 2.26. The average Bonchev–Trinajstić information content (AvgIpc) is 2.34. The molecule has 0 fully saturated rings. The fourth-order valence-electron chi connectivity index (χ4n) is 0.357. The van der Waals surface area contributed by atoms with Gasteiger partial charge in [-0.3, -0.25) is 0 Å². The van der Waals surface area contributed by atoms with Crippen molar-refractivity contribution in [1.82, 2.24) is 20.6 Å². The average molecular weight is 221 g/mol. The number of hydrogen-bond donors (Lipinski definition) is 1. The van der Waals surface area contributed by atoms with Crippen molar-refractivity contribution in [1.29, 1.82) is 0 Å². The Bertz CT molecular complexity index is 209. The van der Waals surface area contributed by atoms with Crippen LogP contribution >= 0.6 is 27.7 Å². The lowest BCUT2D eigenvalue weighted by atomic mass is 10.8. The van der Waals surface area contributed by atoms with E-state index in [1.807, 2.05) is 0 Å². The standard InChI is InChI=1S/C4H5BrN4S/c1-3(5)2-10-4-6-8-9-7-4/h1-2H2,(H,6,7,8,9). The summed E-state index contributed by atoms with van der Waals surface area (Å²) in [5.74, 6) is 0.763. The highest BCUT2D eigenvalue weighted by atomic mass is 79.9. The number of H-pyrrole nitrogens is 1. The number of hydrogen-bond acceptors (Lipinski definition) is 4. The molecule has 0 saturated heterocycles. The molecule has 0 aromatic carbocycles. The molecule has 0 saturated carbocycles. The van der Waals surface area contributed by atoms with Crippen LogP contribution in [0.4, 0.5) is 0 Å². The molecule has 1 heterocycles. The Morgan fingerprint density at radius 3 is 3.10 bits per heavy atom. The fourth-order valence-corrected chi connectivity index (χ4v) is 1.19. The van der Waals surface area contributed by atoms with Crippen molar-refractivity contribution in [2.24, 2.45) is 0 Å². The molecule has 4 nitrogen and oxygen atoms in total. The number of nitrogens with one attached hydrogen (secondary N) is 1. The zero-order chi connectivity index (χ0) is 7.40. The number of nitrogens with zero attached hydrogens (tertiary/aromatic N) is 3. The van der Waals surface area contributed by atoms with Gasteiger partial charge >= 0.3 is 0 Å². The topological polar surface area (TPSA) is 54.5 Å². The number of aromatic nitrogens is 4. The predicted molar refractivity (Wildman–Crippen MR) is 43.0 cm³/mol. The van der Waals surface area contributed by atoms with Crippen LogP contribution in [-0.4, -0.2) is 26.4 Å². The minimum Gasteiger partial charge on any atom is -0.176 e. The predicted octanol–water partition coefficient (Wildman–Crippen LogP) is 1.20. The molecule has 0 bridgehead atoms. The van der Waals surface area contributed by atoms with Crippen LogP contribution in [0.2, 0.25) is 0 Å². The molecule has 0 radical (unpaired) electrons. The van der Waals surface area contributed by atoms with E-state index >= 15 is 0 Å². The molecule has 0 spiro atoms. The molecule has 0 aliphatic carbocycles. The molecule has 0 amide bonds.